The second-order valence-corrected chi connectivity index (χ2v) is 5.90. The number of hydrogen-bond acceptors (Lipinski definition) is 2. The Morgan fingerprint density at radius 3 is 2.79 bits per heavy atom. The molecule has 0 N–H and O–H groups in total. The number of allylic oxidation sites excluding steroid dienone is 1. The summed E-state index contributed by atoms with van der Waals surface area (Å²) in [7, 11) is 0. The summed E-state index contributed by atoms with van der Waals surface area (Å²) in [5, 5.41) is 0. The second-order valence-electron chi connectivity index (χ2n) is 5.90. The number of rotatable bonds is 4. The average Bonchev–Trinajstić information content (AvgIpc) is 2.40. The van der Waals surface area contributed by atoms with Crippen molar-refractivity contribution in [2.75, 3.05) is 0 Å². The molecule has 0 aromatic rings. The topological polar surface area (TPSA) is 26.3 Å². The maximum absolute atomic E-state index is 11.7. The number of hydrogen-bond donors (Lipinski definition) is 0. The summed E-state index contributed by atoms with van der Waals surface area (Å²) < 4.78 is 5.59. The summed E-state index contributed by atoms with van der Waals surface area (Å²) in [6.07, 6.45) is 15.4. The molecule has 1 aliphatic rings. The smallest absolute Gasteiger partial charge is 0.330 e. The molecule has 0 aromatic carbocycles. The zero-order chi connectivity index (χ0) is 13.9. The van der Waals surface area contributed by atoms with E-state index in [1.807, 2.05) is 6.08 Å². The van der Waals surface area contributed by atoms with Gasteiger partial charge in [-0.1, -0.05) is 45.6 Å². The molecule has 0 spiro atoms. The van der Waals surface area contributed by atoms with Crippen LogP contribution in [-0.2, 0) is 9.53 Å². The molecule has 1 heterocycles. The number of esters is 1. The summed E-state index contributed by atoms with van der Waals surface area (Å²) in [6.45, 7) is 4.50. The molecular weight excluding hydrogens is 236 g/mol. The molecule has 1 aliphatic heterocycles. The lowest BCUT2D eigenvalue weighted by Gasteiger charge is -2.19. The third kappa shape index (κ3) is 8.07. The van der Waals surface area contributed by atoms with E-state index < -0.39 is 0 Å². The molecule has 2 nitrogen and oxygen atoms in total. The molecule has 0 saturated carbocycles. The van der Waals surface area contributed by atoms with Crippen LogP contribution in [0.1, 0.15) is 78.1 Å². The Kier molecular flexibility index (Phi) is 8.61. The van der Waals surface area contributed by atoms with Crippen LogP contribution in [0.25, 0.3) is 0 Å². The molecule has 2 atom stereocenters. The highest BCUT2D eigenvalue weighted by Crippen LogP contribution is 2.19. The molecule has 110 valence electrons. The van der Waals surface area contributed by atoms with Gasteiger partial charge in [0.25, 0.3) is 0 Å². The number of carbonyl (C=O) groups is 1. The zero-order valence-corrected chi connectivity index (χ0v) is 12.7. The monoisotopic (exact) mass is 266 g/mol. The quantitative estimate of drug-likeness (QED) is 0.667. The lowest BCUT2D eigenvalue weighted by atomic mass is 9.97. The van der Waals surface area contributed by atoms with Crippen LogP contribution in [0.15, 0.2) is 12.2 Å². The molecule has 0 aromatic heterocycles. The van der Waals surface area contributed by atoms with Gasteiger partial charge in [-0.15, -0.1) is 0 Å². The van der Waals surface area contributed by atoms with Gasteiger partial charge in [-0.25, -0.2) is 4.79 Å². The maximum atomic E-state index is 11.7. The van der Waals surface area contributed by atoms with Crippen molar-refractivity contribution in [2.45, 2.75) is 84.2 Å². The fraction of sp³-hybridized carbons (Fsp3) is 0.824. The van der Waals surface area contributed by atoms with Crippen LogP contribution in [0.3, 0.4) is 0 Å². The SMILES string of the molecule is CCC(C)CCC1CCCCCCC/C=C\C(=O)O1. The first-order valence-corrected chi connectivity index (χ1v) is 8.09. The Labute approximate surface area is 118 Å². The largest absolute Gasteiger partial charge is 0.459 e. The van der Waals surface area contributed by atoms with Crippen LogP contribution < -0.4 is 0 Å². The van der Waals surface area contributed by atoms with Crippen molar-refractivity contribution in [3.63, 3.8) is 0 Å². The van der Waals surface area contributed by atoms with Crippen LogP contribution in [0.5, 0.6) is 0 Å². The third-order valence-corrected chi connectivity index (χ3v) is 4.11. The number of carbonyl (C=O) groups excluding carboxylic acids is 1. The van der Waals surface area contributed by atoms with Gasteiger partial charge >= 0.3 is 5.97 Å². The predicted molar refractivity (Wildman–Crippen MR) is 80.0 cm³/mol. The standard InChI is InChI=1S/C17H30O2/c1-3-15(2)13-14-16-11-9-7-5-4-6-8-10-12-17(18)19-16/h10,12,15-16H,3-9,11,13-14H2,1-2H3/b12-10-. The van der Waals surface area contributed by atoms with Gasteiger partial charge in [-0.3, -0.25) is 0 Å². The number of ether oxygens (including phenoxy) is 1. The molecule has 2 unspecified atom stereocenters. The Hall–Kier alpha value is -0.790. The van der Waals surface area contributed by atoms with Crippen LogP contribution in [0, 0.1) is 5.92 Å². The molecule has 0 fully saturated rings. The van der Waals surface area contributed by atoms with Crippen molar-refractivity contribution in [2.24, 2.45) is 5.92 Å². The molecule has 0 aliphatic carbocycles. The first kappa shape index (κ1) is 16.3. The van der Waals surface area contributed by atoms with E-state index in [2.05, 4.69) is 13.8 Å². The van der Waals surface area contributed by atoms with Crippen molar-refractivity contribution >= 4 is 5.97 Å². The second kappa shape index (κ2) is 10.1. The molecule has 1 rings (SSSR count). The summed E-state index contributed by atoms with van der Waals surface area (Å²) >= 11 is 0. The Morgan fingerprint density at radius 1 is 1.26 bits per heavy atom. The third-order valence-electron chi connectivity index (χ3n) is 4.11. The van der Waals surface area contributed by atoms with E-state index in [0.717, 1.165) is 31.6 Å². The highest BCUT2D eigenvalue weighted by Gasteiger charge is 2.14. The normalized spacial score (nSPS) is 25.8. The van der Waals surface area contributed by atoms with E-state index in [1.165, 1.54) is 38.5 Å². The van der Waals surface area contributed by atoms with Crippen molar-refractivity contribution in [1.29, 1.82) is 0 Å². The molecule has 19 heavy (non-hydrogen) atoms. The maximum Gasteiger partial charge on any atom is 0.330 e. The van der Waals surface area contributed by atoms with E-state index in [0.29, 0.717) is 0 Å². The van der Waals surface area contributed by atoms with Crippen LogP contribution in [-0.4, -0.2) is 12.1 Å². The molecule has 0 saturated heterocycles. The molecular formula is C17H30O2. The van der Waals surface area contributed by atoms with E-state index in [-0.39, 0.29) is 12.1 Å². The minimum Gasteiger partial charge on any atom is -0.459 e. The van der Waals surface area contributed by atoms with E-state index in [9.17, 15) is 4.79 Å². The first-order chi connectivity index (χ1) is 9.22. The molecule has 0 amide bonds. The Balaban J connectivity index is 2.44. The van der Waals surface area contributed by atoms with Gasteiger partial charge in [0.2, 0.25) is 0 Å². The minimum atomic E-state index is -0.144. The highest BCUT2D eigenvalue weighted by atomic mass is 16.5. The fourth-order valence-electron chi connectivity index (χ4n) is 2.48. The molecule has 2 heteroatoms. The number of cyclic esters (lactones) is 1. The Bertz CT molecular complexity index is 270. The van der Waals surface area contributed by atoms with Crippen molar-refractivity contribution in [3.8, 4) is 0 Å². The molecule has 0 radical (unpaired) electrons. The van der Waals surface area contributed by atoms with Crippen LogP contribution in [0.2, 0.25) is 0 Å². The lowest BCUT2D eigenvalue weighted by molar-refractivity contribution is -0.143. The summed E-state index contributed by atoms with van der Waals surface area (Å²) in [4.78, 5) is 11.7. The van der Waals surface area contributed by atoms with Gasteiger partial charge in [-0.2, -0.15) is 0 Å². The van der Waals surface area contributed by atoms with E-state index in [1.54, 1.807) is 6.08 Å². The van der Waals surface area contributed by atoms with Gasteiger partial charge in [0.1, 0.15) is 6.10 Å². The lowest BCUT2D eigenvalue weighted by Crippen LogP contribution is -2.18. The van der Waals surface area contributed by atoms with Crippen molar-refractivity contribution in [1.82, 2.24) is 0 Å². The van der Waals surface area contributed by atoms with E-state index >= 15 is 0 Å². The zero-order valence-electron chi connectivity index (χ0n) is 12.7. The van der Waals surface area contributed by atoms with Crippen LogP contribution >= 0.6 is 0 Å². The van der Waals surface area contributed by atoms with Gasteiger partial charge in [-0.05, 0) is 44.4 Å². The van der Waals surface area contributed by atoms with Gasteiger partial charge < -0.3 is 4.74 Å². The van der Waals surface area contributed by atoms with Gasteiger partial charge in [0.15, 0.2) is 0 Å². The van der Waals surface area contributed by atoms with Gasteiger partial charge in [0.05, 0.1) is 0 Å². The van der Waals surface area contributed by atoms with Crippen molar-refractivity contribution in [3.05, 3.63) is 12.2 Å². The highest BCUT2D eigenvalue weighted by molar-refractivity contribution is 5.82. The minimum absolute atomic E-state index is 0.130. The Morgan fingerprint density at radius 2 is 2.00 bits per heavy atom. The summed E-state index contributed by atoms with van der Waals surface area (Å²) in [6, 6.07) is 0. The fourth-order valence-corrected chi connectivity index (χ4v) is 2.48. The molecule has 0 bridgehead atoms. The van der Waals surface area contributed by atoms with Crippen LogP contribution in [0.4, 0.5) is 0 Å². The van der Waals surface area contributed by atoms with Gasteiger partial charge in [0, 0.05) is 6.08 Å². The summed E-state index contributed by atoms with van der Waals surface area (Å²) in [5.41, 5.74) is 0. The first-order valence-electron chi connectivity index (χ1n) is 8.09. The average molecular weight is 266 g/mol. The van der Waals surface area contributed by atoms with E-state index in [4.69, 9.17) is 4.74 Å². The predicted octanol–water partition coefficient (Wildman–Crippen LogP) is 5.03. The van der Waals surface area contributed by atoms with Crippen molar-refractivity contribution < 1.29 is 9.53 Å². The summed E-state index contributed by atoms with van der Waals surface area (Å²) in [5.74, 6) is 0.588.